The van der Waals surface area contributed by atoms with Crippen molar-refractivity contribution in [1.82, 2.24) is 15.6 Å². The van der Waals surface area contributed by atoms with Crippen LogP contribution in [-0.2, 0) is 13.0 Å². The molecule has 0 saturated carbocycles. The summed E-state index contributed by atoms with van der Waals surface area (Å²) < 4.78 is 10.8. The van der Waals surface area contributed by atoms with Gasteiger partial charge in [-0.25, -0.2) is 9.98 Å². The van der Waals surface area contributed by atoms with Crippen molar-refractivity contribution in [3.63, 3.8) is 0 Å². The van der Waals surface area contributed by atoms with Crippen molar-refractivity contribution < 1.29 is 14.6 Å². The van der Waals surface area contributed by atoms with E-state index in [0.717, 1.165) is 36.0 Å². The zero-order valence-corrected chi connectivity index (χ0v) is 16.9. The summed E-state index contributed by atoms with van der Waals surface area (Å²) in [5.74, 6) is 2.02. The average molecular weight is 393 g/mol. The van der Waals surface area contributed by atoms with Crippen molar-refractivity contribution >= 4 is 17.3 Å². The SMILES string of the molecule is CCNC(=NCc1ccc(OCCO)c(OC)c1)NCCc1ncc(C)s1. The van der Waals surface area contributed by atoms with Gasteiger partial charge in [-0.3, -0.25) is 0 Å². The largest absolute Gasteiger partial charge is 0.493 e. The van der Waals surface area contributed by atoms with Crippen molar-refractivity contribution in [3.05, 3.63) is 39.8 Å². The van der Waals surface area contributed by atoms with Crippen LogP contribution in [-0.4, -0.2) is 49.5 Å². The summed E-state index contributed by atoms with van der Waals surface area (Å²) in [6.07, 6.45) is 2.77. The molecule has 1 aromatic carbocycles. The highest BCUT2D eigenvalue weighted by molar-refractivity contribution is 7.11. The molecule has 8 heteroatoms. The summed E-state index contributed by atoms with van der Waals surface area (Å²) in [6, 6.07) is 5.68. The number of aliphatic hydroxyl groups is 1. The van der Waals surface area contributed by atoms with Crippen LogP contribution in [0.25, 0.3) is 0 Å². The Hall–Kier alpha value is -2.32. The van der Waals surface area contributed by atoms with E-state index in [1.165, 1.54) is 4.88 Å². The Kier molecular flexibility index (Phi) is 8.86. The van der Waals surface area contributed by atoms with Gasteiger partial charge in [-0.1, -0.05) is 6.07 Å². The van der Waals surface area contributed by atoms with E-state index in [9.17, 15) is 0 Å². The summed E-state index contributed by atoms with van der Waals surface area (Å²) in [5, 5.41) is 16.6. The van der Waals surface area contributed by atoms with Gasteiger partial charge in [-0.15, -0.1) is 11.3 Å². The fourth-order valence-corrected chi connectivity index (χ4v) is 3.19. The molecule has 2 aromatic rings. The Morgan fingerprint density at radius 3 is 2.81 bits per heavy atom. The monoisotopic (exact) mass is 392 g/mol. The molecule has 0 bridgehead atoms. The summed E-state index contributed by atoms with van der Waals surface area (Å²) >= 11 is 1.72. The number of rotatable bonds is 10. The predicted molar refractivity (Wildman–Crippen MR) is 109 cm³/mol. The first-order valence-electron chi connectivity index (χ1n) is 9.00. The first-order chi connectivity index (χ1) is 13.2. The molecule has 2 rings (SSSR count). The number of methoxy groups -OCH3 is 1. The number of aliphatic imine (C=N–C) groups is 1. The Morgan fingerprint density at radius 1 is 1.30 bits per heavy atom. The lowest BCUT2D eigenvalue weighted by molar-refractivity contribution is 0.196. The molecular weight excluding hydrogens is 364 g/mol. The quantitative estimate of drug-likeness (QED) is 0.424. The molecule has 1 heterocycles. The maximum absolute atomic E-state index is 8.89. The smallest absolute Gasteiger partial charge is 0.191 e. The number of aryl methyl sites for hydroxylation is 1. The number of thiazole rings is 1. The zero-order valence-electron chi connectivity index (χ0n) is 16.1. The Balaban J connectivity index is 1.94. The second-order valence-corrected chi connectivity index (χ2v) is 7.11. The summed E-state index contributed by atoms with van der Waals surface area (Å²) in [7, 11) is 1.60. The van der Waals surface area contributed by atoms with Gasteiger partial charge in [0, 0.05) is 30.6 Å². The molecule has 0 saturated heterocycles. The molecule has 1 aromatic heterocycles. The topological polar surface area (TPSA) is 88.0 Å². The van der Waals surface area contributed by atoms with Gasteiger partial charge in [0.1, 0.15) is 6.61 Å². The maximum atomic E-state index is 8.89. The van der Waals surface area contributed by atoms with Crippen LogP contribution >= 0.6 is 11.3 Å². The molecule has 27 heavy (non-hydrogen) atoms. The van der Waals surface area contributed by atoms with Crippen LogP contribution in [0.2, 0.25) is 0 Å². The minimum absolute atomic E-state index is 0.0342. The van der Waals surface area contributed by atoms with Crippen LogP contribution in [0.1, 0.15) is 22.4 Å². The summed E-state index contributed by atoms with van der Waals surface area (Å²) in [4.78, 5) is 10.2. The first kappa shape index (κ1) is 21.0. The van der Waals surface area contributed by atoms with Crippen molar-refractivity contribution in [2.24, 2.45) is 4.99 Å². The van der Waals surface area contributed by atoms with Gasteiger partial charge in [-0.05, 0) is 31.5 Å². The Labute approximate surface area is 164 Å². The van der Waals surface area contributed by atoms with Crippen LogP contribution < -0.4 is 20.1 Å². The number of aromatic nitrogens is 1. The van der Waals surface area contributed by atoms with E-state index in [0.29, 0.717) is 18.0 Å². The third kappa shape index (κ3) is 7.07. The molecule has 0 fully saturated rings. The number of nitrogens with zero attached hydrogens (tertiary/aromatic N) is 2. The van der Waals surface area contributed by atoms with Gasteiger partial charge < -0.3 is 25.2 Å². The lowest BCUT2D eigenvalue weighted by Gasteiger charge is -2.12. The van der Waals surface area contributed by atoms with Crippen LogP contribution in [0, 0.1) is 6.92 Å². The van der Waals surface area contributed by atoms with Gasteiger partial charge in [0.25, 0.3) is 0 Å². The standard InChI is InChI=1S/C19H28N4O3S/c1-4-20-19(21-8-7-18-22-12-14(2)27-18)23-13-15-5-6-16(26-10-9-24)17(11-15)25-3/h5-6,11-12,24H,4,7-10,13H2,1-3H3,(H2,20,21,23). The van der Waals surface area contributed by atoms with Crippen molar-refractivity contribution in [2.45, 2.75) is 26.8 Å². The molecule has 3 N–H and O–H groups in total. The average Bonchev–Trinajstić information content (AvgIpc) is 3.09. The Bertz CT molecular complexity index is 733. The molecule has 0 spiro atoms. The molecule has 0 atom stereocenters. The lowest BCUT2D eigenvalue weighted by Crippen LogP contribution is -2.38. The van der Waals surface area contributed by atoms with E-state index >= 15 is 0 Å². The number of nitrogens with one attached hydrogen (secondary N) is 2. The van der Waals surface area contributed by atoms with E-state index in [-0.39, 0.29) is 13.2 Å². The zero-order chi connectivity index (χ0) is 19.5. The van der Waals surface area contributed by atoms with Crippen LogP contribution in [0.3, 0.4) is 0 Å². The number of hydrogen-bond acceptors (Lipinski definition) is 6. The van der Waals surface area contributed by atoms with Crippen molar-refractivity contribution in [2.75, 3.05) is 33.4 Å². The van der Waals surface area contributed by atoms with Gasteiger partial charge >= 0.3 is 0 Å². The van der Waals surface area contributed by atoms with Crippen molar-refractivity contribution in [1.29, 1.82) is 0 Å². The van der Waals surface area contributed by atoms with Gasteiger partial charge in [0.15, 0.2) is 17.5 Å². The van der Waals surface area contributed by atoms with E-state index in [1.807, 2.05) is 31.3 Å². The third-order valence-electron chi connectivity index (χ3n) is 3.64. The molecule has 148 valence electrons. The minimum Gasteiger partial charge on any atom is -0.493 e. The van der Waals surface area contributed by atoms with Crippen LogP contribution in [0.15, 0.2) is 29.4 Å². The summed E-state index contributed by atoms with van der Waals surface area (Å²) in [5.41, 5.74) is 1.01. The van der Waals surface area contributed by atoms with E-state index in [1.54, 1.807) is 18.4 Å². The molecule has 0 aliphatic carbocycles. The first-order valence-corrected chi connectivity index (χ1v) is 9.82. The van der Waals surface area contributed by atoms with E-state index < -0.39 is 0 Å². The molecular formula is C19H28N4O3S. The number of guanidine groups is 1. The molecule has 7 nitrogen and oxygen atoms in total. The second kappa shape index (κ2) is 11.4. The van der Waals surface area contributed by atoms with Crippen LogP contribution in [0.5, 0.6) is 11.5 Å². The number of hydrogen-bond donors (Lipinski definition) is 3. The number of benzene rings is 1. The Morgan fingerprint density at radius 2 is 2.15 bits per heavy atom. The van der Waals surface area contributed by atoms with Crippen molar-refractivity contribution in [3.8, 4) is 11.5 Å². The van der Waals surface area contributed by atoms with Gasteiger partial charge in [-0.2, -0.15) is 0 Å². The molecule has 0 unspecified atom stereocenters. The summed E-state index contributed by atoms with van der Waals surface area (Å²) in [6.45, 7) is 6.39. The maximum Gasteiger partial charge on any atom is 0.191 e. The van der Waals surface area contributed by atoms with E-state index in [4.69, 9.17) is 14.6 Å². The van der Waals surface area contributed by atoms with E-state index in [2.05, 4.69) is 27.5 Å². The van der Waals surface area contributed by atoms with Gasteiger partial charge in [0.05, 0.1) is 25.3 Å². The predicted octanol–water partition coefficient (Wildman–Crippen LogP) is 2.13. The third-order valence-corrected chi connectivity index (χ3v) is 4.61. The highest BCUT2D eigenvalue weighted by Gasteiger charge is 2.06. The normalized spacial score (nSPS) is 11.3. The lowest BCUT2D eigenvalue weighted by atomic mass is 10.2. The highest BCUT2D eigenvalue weighted by atomic mass is 32.1. The van der Waals surface area contributed by atoms with Crippen LogP contribution in [0.4, 0.5) is 0 Å². The fraction of sp³-hybridized carbons (Fsp3) is 0.474. The number of ether oxygens (including phenoxy) is 2. The molecule has 0 radical (unpaired) electrons. The molecule has 0 aliphatic rings. The molecule has 0 amide bonds. The molecule has 0 aliphatic heterocycles. The number of aliphatic hydroxyl groups excluding tert-OH is 1. The van der Waals surface area contributed by atoms with Gasteiger partial charge in [0.2, 0.25) is 0 Å². The minimum atomic E-state index is -0.0342. The second-order valence-electron chi connectivity index (χ2n) is 5.79. The fourth-order valence-electron chi connectivity index (χ4n) is 2.40. The highest BCUT2D eigenvalue weighted by Crippen LogP contribution is 2.28.